The third-order valence-corrected chi connectivity index (χ3v) is 4.23. The second-order valence-electron chi connectivity index (χ2n) is 5.86. The average Bonchev–Trinajstić information content (AvgIpc) is 3.07. The van der Waals surface area contributed by atoms with Gasteiger partial charge in [0.1, 0.15) is 12.2 Å². The van der Waals surface area contributed by atoms with Crippen LogP contribution in [-0.4, -0.2) is 31.0 Å². The molecule has 1 N–H and O–H groups in total. The Kier molecular flexibility index (Phi) is 5.13. The largest absolute Gasteiger partial charge is 0.318 e. The summed E-state index contributed by atoms with van der Waals surface area (Å²) >= 11 is 5.94. The van der Waals surface area contributed by atoms with Crippen molar-refractivity contribution >= 4 is 28.9 Å². The van der Waals surface area contributed by atoms with Gasteiger partial charge in [0.25, 0.3) is 5.69 Å². The molecule has 138 valence electrons. The summed E-state index contributed by atoms with van der Waals surface area (Å²) < 4.78 is 0. The third kappa shape index (κ3) is 4.09. The summed E-state index contributed by atoms with van der Waals surface area (Å²) in [6, 6.07) is 9.93. The van der Waals surface area contributed by atoms with Crippen LogP contribution in [0.15, 0.2) is 36.4 Å². The highest BCUT2D eigenvalue weighted by atomic mass is 35.5. The lowest BCUT2D eigenvalue weighted by molar-refractivity contribution is -0.384. The number of benzene rings is 2. The standard InChI is InChI=1S/C17H15ClN6O3/c1-10-6-7-14(24(26)27)16(11(10)2)19-15(25)9-23-21-17(20-22-23)12-4-3-5-13(18)8-12/h3-8H,9H2,1-2H3,(H,19,25). The van der Waals surface area contributed by atoms with Gasteiger partial charge in [-0.1, -0.05) is 29.8 Å². The van der Waals surface area contributed by atoms with E-state index < -0.39 is 10.8 Å². The molecule has 0 atom stereocenters. The smallest absolute Gasteiger partial charge is 0.293 e. The highest BCUT2D eigenvalue weighted by Crippen LogP contribution is 2.30. The molecule has 2 aromatic carbocycles. The molecule has 27 heavy (non-hydrogen) atoms. The van der Waals surface area contributed by atoms with Crippen molar-refractivity contribution in [1.82, 2.24) is 20.2 Å². The van der Waals surface area contributed by atoms with Gasteiger partial charge in [-0.2, -0.15) is 4.80 Å². The number of anilines is 1. The number of aryl methyl sites for hydroxylation is 1. The Morgan fingerprint density at radius 1 is 1.30 bits per heavy atom. The lowest BCUT2D eigenvalue weighted by Gasteiger charge is -2.10. The summed E-state index contributed by atoms with van der Waals surface area (Å²) in [5, 5.41) is 26.2. The Morgan fingerprint density at radius 2 is 2.07 bits per heavy atom. The number of rotatable bonds is 5. The molecular formula is C17H15ClN6O3. The number of nitrogens with one attached hydrogen (secondary N) is 1. The van der Waals surface area contributed by atoms with Crippen LogP contribution in [0.4, 0.5) is 11.4 Å². The van der Waals surface area contributed by atoms with Gasteiger partial charge in [-0.25, -0.2) is 0 Å². The first-order valence-electron chi connectivity index (χ1n) is 7.93. The minimum Gasteiger partial charge on any atom is -0.318 e. The molecule has 0 unspecified atom stereocenters. The van der Waals surface area contributed by atoms with Crippen molar-refractivity contribution < 1.29 is 9.72 Å². The zero-order chi connectivity index (χ0) is 19.6. The van der Waals surface area contributed by atoms with E-state index in [1.807, 2.05) is 6.92 Å². The lowest BCUT2D eigenvalue weighted by atomic mass is 10.1. The molecule has 1 amide bonds. The maximum Gasteiger partial charge on any atom is 0.293 e. The molecule has 9 nitrogen and oxygen atoms in total. The number of aromatic nitrogens is 4. The highest BCUT2D eigenvalue weighted by Gasteiger charge is 2.20. The zero-order valence-electron chi connectivity index (χ0n) is 14.5. The van der Waals surface area contributed by atoms with Crippen molar-refractivity contribution in [3.8, 4) is 11.4 Å². The van der Waals surface area contributed by atoms with E-state index in [4.69, 9.17) is 11.6 Å². The number of carbonyl (C=O) groups is 1. The number of nitro benzene ring substituents is 1. The molecule has 0 saturated carbocycles. The van der Waals surface area contributed by atoms with E-state index in [1.165, 1.54) is 6.07 Å². The Balaban J connectivity index is 1.78. The maximum absolute atomic E-state index is 12.3. The summed E-state index contributed by atoms with van der Waals surface area (Å²) in [4.78, 5) is 24.1. The molecule has 0 saturated heterocycles. The van der Waals surface area contributed by atoms with Crippen molar-refractivity contribution in [1.29, 1.82) is 0 Å². The predicted molar refractivity (Wildman–Crippen MR) is 99.5 cm³/mol. The molecule has 0 bridgehead atoms. The van der Waals surface area contributed by atoms with Gasteiger partial charge in [-0.05, 0) is 42.3 Å². The van der Waals surface area contributed by atoms with Gasteiger partial charge < -0.3 is 5.32 Å². The molecule has 1 heterocycles. The number of carbonyl (C=O) groups excluding carboxylic acids is 1. The number of halogens is 1. The number of tetrazole rings is 1. The summed E-state index contributed by atoms with van der Waals surface area (Å²) in [5.74, 6) is -0.176. The number of nitrogens with zero attached hydrogens (tertiary/aromatic N) is 5. The molecule has 0 spiro atoms. The minimum absolute atomic E-state index is 0.167. The van der Waals surface area contributed by atoms with Gasteiger partial charge in [0.2, 0.25) is 11.7 Å². The van der Waals surface area contributed by atoms with Crippen molar-refractivity contribution in [2.45, 2.75) is 20.4 Å². The molecule has 3 aromatic rings. The number of amides is 1. The molecule has 1 aromatic heterocycles. The monoisotopic (exact) mass is 386 g/mol. The first-order chi connectivity index (χ1) is 12.8. The topological polar surface area (TPSA) is 116 Å². The Hall–Kier alpha value is -3.33. The van der Waals surface area contributed by atoms with Crippen molar-refractivity contribution in [3.05, 3.63) is 62.7 Å². The van der Waals surface area contributed by atoms with Crippen LogP contribution >= 0.6 is 11.6 Å². The second-order valence-corrected chi connectivity index (χ2v) is 6.30. The fourth-order valence-corrected chi connectivity index (χ4v) is 2.66. The van der Waals surface area contributed by atoms with Crippen molar-refractivity contribution in [2.75, 3.05) is 5.32 Å². The van der Waals surface area contributed by atoms with Gasteiger partial charge in [0.05, 0.1) is 4.92 Å². The normalized spacial score (nSPS) is 10.6. The first-order valence-corrected chi connectivity index (χ1v) is 8.31. The summed E-state index contributed by atoms with van der Waals surface area (Å²) in [6.07, 6.45) is 0. The predicted octanol–water partition coefficient (Wildman–Crippen LogP) is 3.16. The van der Waals surface area contributed by atoms with Crippen LogP contribution in [0, 0.1) is 24.0 Å². The minimum atomic E-state index is -0.535. The summed E-state index contributed by atoms with van der Waals surface area (Å²) in [7, 11) is 0. The maximum atomic E-state index is 12.3. The van der Waals surface area contributed by atoms with Gasteiger partial charge >= 0.3 is 0 Å². The number of hydrogen-bond acceptors (Lipinski definition) is 6. The third-order valence-electron chi connectivity index (χ3n) is 4.00. The van der Waals surface area contributed by atoms with Crippen LogP contribution in [0.2, 0.25) is 5.02 Å². The highest BCUT2D eigenvalue weighted by molar-refractivity contribution is 6.30. The van der Waals surface area contributed by atoms with E-state index in [9.17, 15) is 14.9 Å². The quantitative estimate of drug-likeness (QED) is 0.531. The van der Waals surface area contributed by atoms with Crippen molar-refractivity contribution in [3.63, 3.8) is 0 Å². The SMILES string of the molecule is Cc1ccc([N+](=O)[O-])c(NC(=O)Cn2nnc(-c3cccc(Cl)c3)n2)c1C. The molecule has 0 fully saturated rings. The summed E-state index contributed by atoms with van der Waals surface area (Å²) in [6.45, 7) is 3.28. The lowest BCUT2D eigenvalue weighted by Crippen LogP contribution is -2.21. The van der Waals surface area contributed by atoms with Crippen molar-refractivity contribution in [2.24, 2.45) is 0 Å². The van der Waals surface area contributed by atoms with Gasteiger partial charge in [0.15, 0.2) is 0 Å². The van der Waals surface area contributed by atoms with Gasteiger partial charge in [-0.3, -0.25) is 14.9 Å². The van der Waals surface area contributed by atoms with E-state index in [0.717, 1.165) is 10.4 Å². The second kappa shape index (κ2) is 7.50. The zero-order valence-corrected chi connectivity index (χ0v) is 15.3. The molecule has 0 aliphatic carbocycles. The van der Waals surface area contributed by atoms with Gasteiger partial charge in [-0.15, -0.1) is 10.2 Å². The van der Waals surface area contributed by atoms with Crippen LogP contribution in [0.25, 0.3) is 11.4 Å². The number of hydrogen-bond donors (Lipinski definition) is 1. The Labute approximate surface area is 159 Å². The first kappa shape index (κ1) is 18.5. The van der Waals surface area contributed by atoms with Gasteiger partial charge in [0, 0.05) is 16.7 Å². The fourth-order valence-electron chi connectivity index (χ4n) is 2.47. The van der Waals surface area contributed by atoms with Crippen LogP contribution in [-0.2, 0) is 11.3 Å². The van der Waals surface area contributed by atoms with E-state index in [2.05, 4.69) is 20.7 Å². The van der Waals surface area contributed by atoms with Crippen LogP contribution < -0.4 is 5.32 Å². The Morgan fingerprint density at radius 3 is 2.78 bits per heavy atom. The fraction of sp³-hybridized carbons (Fsp3) is 0.176. The van der Waals surface area contributed by atoms with E-state index in [0.29, 0.717) is 22.0 Å². The van der Waals surface area contributed by atoms with Crippen LogP contribution in [0.5, 0.6) is 0 Å². The summed E-state index contributed by atoms with van der Waals surface area (Å²) in [5.41, 5.74) is 2.12. The van der Waals surface area contributed by atoms with E-state index in [-0.39, 0.29) is 17.9 Å². The molecular weight excluding hydrogens is 372 g/mol. The molecule has 0 radical (unpaired) electrons. The molecule has 3 rings (SSSR count). The van der Waals surface area contributed by atoms with E-state index in [1.54, 1.807) is 37.3 Å². The van der Waals surface area contributed by atoms with Crippen LogP contribution in [0.1, 0.15) is 11.1 Å². The molecule has 0 aliphatic rings. The molecule has 10 heteroatoms. The molecule has 0 aliphatic heterocycles. The van der Waals surface area contributed by atoms with E-state index >= 15 is 0 Å². The van der Waals surface area contributed by atoms with Crippen LogP contribution in [0.3, 0.4) is 0 Å². The Bertz CT molecular complexity index is 1030. The average molecular weight is 387 g/mol. The number of nitro groups is 1.